The van der Waals surface area contributed by atoms with E-state index in [1.54, 1.807) is 30.6 Å². The Morgan fingerprint density at radius 3 is 2.84 bits per heavy atom. The molecule has 3 aromatic rings. The third-order valence-electron chi connectivity index (χ3n) is 3.46. The number of hydrogen-bond donors (Lipinski definition) is 1. The van der Waals surface area contributed by atoms with Crippen molar-refractivity contribution in [3.05, 3.63) is 65.6 Å². The molecular weight excluding hydrogens is 401 g/mol. The van der Waals surface area contributed by atoms with Crippen molar-refractivity contribution in [2.45, 2.75) is 19.9 Å². The second-order valence-corrected chi connectivity index (χ2v) is 8.10. The molecule has 0 spiro atoms. The zero-order chi connectivity index (χ0) is 18.0. The van der Waals surface area contributed by atoms with Crippen LogP contribution in [0.2, 0.25) is 10.0 Å². The quantitative estimate of drug-likeness (QED) is 0.680. The second kappa shape index (κ2) is 7.70. The molecule has 0 bridgehead atoms. The molecule has 2 aromatic heterocycles. The summed E-state index contributed by atoms with van der Waals surface area (Å²) in [6, 6.07) is 5.35. The molecular formula is C16H13Cl2N3O2S2. The molecule has 0 aliphatic heterocycles. The van der Waals surface area contributed by atoms with Gasteiger partial charge >= 0.3 is 4.87 Å². The van der Waals surface area contributed by atoms with Gasteiger partial charge in [0.1, 0.15) is 6.54 Å². The monoisotopic (exact) mass is 413 g/mol. The minimum absolute atomic E-state index is 0.0217. The molecule has 0 radical (unpaired) electrons. The lowest BCUT2D eigenvalue weighted by Crippen LogP contribution is -2.25. The first-order chi connectivity index (χ1) is 11.9. The summed E-state index contributed by atoms with van der Waals surface area (Å²) in [4.78, 5) is 28.8. The highest BCUT2D eigenvalue weighted by Gasteiger charge is 2.12. The van der Waals surface area contributed by atoms with Crippen molar-refractivity contribution in [2.75, 3.05) is 5.32 Å². The van der Waals surface area contributed by atoms with Gasteiger partial charge in [0.05, 0.1) is 0 Å². The maximum Gasteiger partial charge on any atom is 0.307 e. The Morgan fingerprint density at radius 1 is 1.36 bits per heavy atom. The molecule has 0 atom stereocenters. The Morgan fingerprint density at radius 2 is 2.16 bits per heavy atom. The van der Waals surface area contributed by atoms with E-state index in [-0.39, 0.29) is 17.3 Å². The van der Waals surface area contributed by atoms with Crippen LogP contribution in [0, 0.1) is 6.92 Å². The number of carbonyl (C=O) groups is 1. The fourth-order valence-corrected chi connectivity index (χ4v) is 4.26. The lowest BCUT2D eigenvalue weighted by molar-refractivity contribution is -0.116. The van der Waals surface area contributed by atoms with Gasteiger partial charge in [-0.1, -0.05) is 40.6 Å². The predicted octanol–water partition coefficient (Wildman–Crippen LogP) is 4.21. The van der Waals surface area contributed by atoms with Crippen molar-refractivity contribution >= 4 is 56.9 Å². The Kier molecular flexibility index (Phi) is 5.58. The molecule has 25 heavy (non-hydrogen) atoms. The first-order valence-corrected chi connectivity index (χ1v) is 9.71. The van der Waals surface area contributed by atoms with Crippen molar-refractivity contribution in [3.8, 4) is 0 Å². The molecule has 0 saturated carbocycles. The summed E-state index contributed by atoms with van der Waals surface area (Å²) >= 11 is 14.5. The van der Waals surface area contributed by atoms with Gasteiger partial charge in [0.15, 0.2) is 5.13 Å². The number of carbonyl (C=O) groups excluding carboxylic acids is 1. The summed E-state index contributed by atoms with van der Waals surface area (Å²) in [5.74, 6) is -0.283. The van der Waals surface area contributed by atoms with Crippen molar-refractivity contribution < 1.29 is 4.79 Å². The highest BCUT2D eigenvalue weighted by Crippen LogP contribution is 2.26. The maximum atomic E-state index is 12.1. The number of anilines is 1. The SMILES string of the molecule is Cc1csc(=O)n1CC(=O)Nc1ncc(Cc2ccc(Cl)cc2Cl)s1. The number of aryl methyl sites for hydroxylation is 1. The molecule has 3 rings (SSSR count). The molecule has 1 aromatic carbocycles. The first kappa shape index (κ1) is 18.1. The lowest BCUT2D eigenvalue weighted by Gasteiger charge is -2.04. The van der Waals surface area contributed by atoms with Crippen molar-refractivity contribution in [2.24, 2.45) is 0 Å². The summed E-state index contributed by atoms with van der Waals surface area (Å²) < 4.78 is 1.43. The summed E-state index contributed by atoms with van der Waals surface area (Å²) in [5, 5.41) is 6.13. The van der Waals surface area contributed by atoms with Crippen molar-refractivity contribution in [1.82, 2.24) is 9.55 Å². The van der Waals surface area contributed by atoms with Gasteiger partial charge in [-0.3, -0.25) is 14.2 Å². The van der Waals surface area contributed by atoms with Gasteiger partial charge in [0.25, 0.3) is 0 Å². The molecule has 2 heterocycles. The maximum absolute atomic E-state index is 12.1. The van der Waals surface area contributed by atoms with Crippen LogP contribution >= 0.6 is 45.9 Å². The van der Waals surface area contributed by atoms with E-state index in [9.17, 15) is 9.59 Å². The van der Waals surface area contributed by atoms with E-state index in [4.69, 9.17) is 23.2 Å². The zero-order valence-corrected chi connectivity index (χ0v) is 16.2. The molecule has 0 saturated heterocycles. The van der Waals surface area contributed by atoms with Gasteiger partial charge in [-0.05, 0) is 24.6 Å². The van der Waals surface area contributed by atoms with Crippen LogP contribution < -0.4 is 10.2 Å². The summed E-state index contributed by atoms with van der Waals surface area (Å²) in [7, 11) is 0. The van der Waals surface area contributed by atoms with Crippen LogP contribution in [-0.2, 0) is 17.8 Å². The van der Waals surface area contributed by atoms with Gasteiger partial charge < -0.3 is 5.32 Å². The van der Waals surface area contributed by atoms with Gasteiger partial charge in [0.2, 0.25) is 5.91 Å². The number of nitrogens with zero attached hydrogens (tertiary/aromatic N) is 2. The lowest BCUT2D eigenvalue weighted by atomic mass is 10.1. The van der Waals surface area contributed by atoms with Crippen LogP contribution in [0.5, 0.6) is 0 Å². The number of rotatable bonds is 5. The van der Waals surface area contributed by atoms with E-state index in [2.05, 4.69) is 10.3 Å². The summed E-state index contributed by atoms with van der Waals surface area (Å²) in [5.41, 5.74) is 1.70. The van der Waals surface area contributed by atoms with Crippen molar-refractivity contribution in [1.29, 1.82) is 0 Å². The third-order valence-corrected chi connectivity index (χ3v) is 5.84. The minimum atomic E-state index is -0.283. The Bertz CT molecular complexity index is 978. The van der Waals surface area contributed by atoms with Gasteiger partial charge in [0, 0.05) is 38.6 Å². The van der Waals surface area contributed by atoms with E-state index < -0.39 is 0 Å². The van der Waals surface area contributed by atoms with E-state index in [0.717, 1.165) is 27.5 Å². The number of nitrogens with one attached hydrogen (secondary N) is 1. The van der Waals surface area contributed by atoms with E-state index in [0.29, 0.717) is 21.6 Å². The van der Waals surface area contributed by atoms with Gasteiger partial charge in [-0.15, -0.1) is 11.3 Å². The molecule has 0 fully saturated rings. The number of benzene rings is 1. The third kappa shape index (κ3) is 4.49. The highest BCUT2D eigenvalue weighted by atomic mass is 35.5. The minimum Gasteiger partial charge on any atom is -0.300 e. The van der Waals surface area contributed by atoms with E-state index >= 15 is 0 Å². The molecule has 0 aliphatic carbocycles. The van der Waals surface area contributed by atoms with E-state index in [1.165, 1.54) is 15.9 Å². The van der Waals surface area contributed by atoms with Crippen LogP contribution in [-0.4, -0.2) is 15.5 Å². The smallest absolute Gasteiger partial charge is 0.300 e. The zero-order valence-electron chi connectivity index (χ0n) is 13.1. The number of aromatic nitrogens is 2. The number of hydrogen-bond acceptors (Lipinski definition) is 5. The highest BCUT2D eigenvalue weighted by molar-refractivity contribution is 7.15. The van der Waals surface area contributed by atoms with Crippen LogP contribution in [0.3, 0.4) is 0 Å². The molecule has 130 valence electrons. The molecule has 1 N–H and O–H groups in total. The molecule has 0 unspecified atom stereocenters. The fourth-order valence-electron chi connectivity index (χ4n) is 2.20. The summed E-state index contributed by atoms with van der Waals surface area (Å²) in [6.07, 6.45) is 2.31. The normalized spacial score (nSPS) is 10.8. The molecule has 0 aliphatic rings. The number of amides is 1. The van der Waals surface area contributed by atoms with Crippen LogP contribution in [0.1, 0.15) is 16.1 Å². The van der Waals surface area contributed by atoms with Gasteiger partial charge in [-0.25, -0.2) is 4.98 Å². The summed E-state index contributed by atoms with van der Waals surface area (Å²) in [6.45, 7) is 1.77. The number of halogens is 2. The van der Waals surface area contributed by atoms with Crippen LogP contribution in [0.4, 0.5) is 5.13 Å². The van der Waals surface area contributed by atoms with Crippen molar-refractivity contribution in [3.63, 3.8) is 0 Å². The Hall–Kier alpha value is -1.67. The van der Waals surface area contributed by atoms with Gasteiger partial charge in [-0.2, -0.15) is 0 Å². The van der Waals surface area contributed by atoms with Crippen LogP contribution in [0.15, 0.2) is 34.6 Å². The molecule has 9 heteroatoms. The average molecular weight is 414 g/mol. The Labute approximate surface area is 161 Å². The second-order valence-electron chi connectivity index (χ2n) is 5.32. The number of thiazole rings is 2. The van der Waals surface area contributed by atoms with E-state index in [1.807, 2.05) is 6.07 Å². The standard InChI is InChI=1S/C16H13Cl2N3O2S2/c1-9-8-24-16(23)21(9)7-14(22)20-15-19-6-12(25-15)4-10-2-3-11(17)5-13(10)18/h2-3,5-6,8H,4,7H2,1H3,(H,19,20,22). The topological polar surface area (TPSA) is 64.0 Å². The fraction of sp³-hybridized carbons (Fsp3) is 0.188. The molecule has 5 nitrogen and oxygen atoms in total. The average Bonchev–Trinajstić information content (AvgIpc) is 3.11. The molecule has 1 amide bonds. The largest absolute Gasteiger partial charge is 0.307 e. The van der Waals surface area contributed by atoms with Crippen LogP contribution in [0.25, 0.3) is 0 Å². The Balaban J connectivity index is 1.65. The predicted molar refractivity (Wildman–Crippen MR) is 103 cm³/mol. The first-order valence-electron chi connectivity index (χ1n) is 7.26.